The van der Waals surface area contributed by atoms with Gasteiger partial charge in [0.25, 0.3) is 5.69 Å². The minimum atomic E-state index is -0.465. The molecule has 2 heterocycles. The van der Waals surface area contributed by atoms with Crippen molar-refractivity contribution in [1.29, 1.82) is 0 Å². The average molecular weight is 344 g/mol. The monoisotopic (exact) mass is 344 g/mol. The third-order valence-corrected chi connectivity index (χ3v) is 3.80. The fraction of sp³-hybridized carbons (Fsp3) is 0.143. The Labute approximate surface area is 140 Å². The van der Waals surface area contributed by atoms with Crippen LogP contribution in [0, 0.1) is 17.0 Å². The predicted molar refractivity (Wildman–Crippen MR) is 87.1 cm³/mol. The molecule has 0 bridgehead atoms. The number of nitro benzene ring substituents is 1. The third kappa shape index (κ3) is 3.66. The predicted octanol–water partition coefficient (Wildman–Crippen LogP) is 2.62. The van der Waals surface area contributed by atoms with Gasteiger partial charge in [0.15, 0.2) is 5.16 Å². The van der Waals surface area contributed by atoms with Crippen molar-refractivity contribution in [2.24, 2.45) is 0 Å². The molecule has 0 unspecified atom stereocenters. The maximum Gasteiger partial charge on any atom is 0.269 e. The van der Waals surface area contributed by atoms with Crippen LogP contribution in [0.5, 0.6) is 0 Å². The molecule has 3 aromatic rings. The molecule has 1 aromatic carbocycles. The quantitative estimate of drug-likeness (QED) is 0.321. The number of aromatic nitrogens is 4. The number of non-ortho nitro benzene ring substituents is 1. The Bertz CT molecular complexity index is 860. The van der Waals surface area contributed by atoms with Crippen LogP contribution in [0.4, 0.5) is 11.5 Å². The highest BCUT2D eigenvalue weighted by atomic mass is 32.2. The molecule has 0 atom stereocenters. The van der Waals surface area contributed by atoms with Crippen LogP contribution in [-0.4, -0.2) is 25.1 Å². The molecule has 0 saturated heterocycles. The standard InChI is InChI=1S/C14H12N6O3S/c1-8-6-11(15)17-14(16-8)24-7-12-18-19-13(23-12)9-2-4-10(5-3-9)20(21)22/h2-6H,7H2,1H3,(H2,15,16,17). The van der Waals surface area contributed by atoms with Crippen molar-refractivity contribution in [1.82, 2.24) is 20.2 Å². The van der Waals surface area contributed by atoms with Gasteiger partial charge in [-0.25, -0.2) is 9.97 Å². The first-order chi connectivity index (χ1) is 11.5. The topological polar surface area (TPSA) is 134 Å². The lowest BCUT2D eigenvalue weighted by atomic mass is 10.2. The second-order valence-electron chi connectivity index (χ2n) is 4.81. The molecule has 0 radical (unpaired) electrons. The summed E-state index contributed by atoms with van der Waals surface area (Å²) in [5.41, 5.74) is 7.07. The fourth-order valence-electron chi connectivity index (χ4n) is 1.91. The molecule has 0 aliphatic heterocycles. The van der Waals surface area contributed by atoms with Crippen LogP contribution in [0.15, 0.2) is 39.9 Å². The number of hydrogen-bond donors (Lipinski definition) is 1. The van der Waals surface area contributed by atoms with Gasteiger partial charge in [0.1, 0.15) is 5.82 Å². The Hall–Kier alpha value is -3.01. The summed E-state index contributed by atoms with van der Waals surface area (Å²) in [6, 6.07) is 7.58. The second kappa shape index (κ2) is 6.62. The highest BCUT2D eigenvalue weighted by Gasteiger charge is 2.12. The van der Waals surface area contributed by atoms with E-state index in [1.165, 1.54) is 23.9 Å². The zero-order valence-electron chi connectivity index (χ0n) is 12.5. The number of nitrogen functional groups attached to an aromatic ring is 1. The van der Waals surface area contributed by atoms with Crippen molar-refractivity contribution >= 4 is 23.3 Å². The minimum Gasteiger partial charge on any atom is -0.420 e. The van der Waals surface area contributed by atoms with Crippen molar-refractivity contribution in [2.75, 3.05) is 5.73 Å². The number of anilines is 1. The van der Waals surface area contributed by atoms with E-state index < -0.39 is 4.92 Å². The second-order valence-corrected chi connectivity index (χ2v) is 5.75. The Morgan fingerprint density at radius 1 is 1.25 bits per heavy atom. The van der Waals surface area contributed by atoms with Crippen LogP contribution in [0.3, 0.4) is 0 Å². The number of nitrogens with zero attached hydrogens (tertiary/aromatic N) is 5. The molecule has 2 N–H and O–H groups in total. The van der Waals surface area contributed by atoms with Crippen LogP contribution in [0.25, 0.3) is 11.5 Å². The lowest BCUT2D eigenvalue weighted by Crippen LogP contribution is -1.96. The first-order valence-electron chi connectivity index (χ1n) is 6.82. The van der Waals surface area contributed by atoms with E-state index in [0.29, 0.717) is 34.1 Å². The van der Waals surface area contributed by atoms with Gasteiger partial charge in [0.05, 0.1) is 10.7 Å². The van der Waals surface area contributed by atoms with E-state index in [2.05, 4.69) is 20.2 Å². The third-order valence-electron chi connectivity index (χ3n) is 2.97. The lowest BCUT2D eigenvalue weighted by molar-refractivity contribution is -0.384. The van der Waals surface area contributed by atoms with Crippen LogP contribution in [-0.2, 0) is 5.75 Å². The number of nitro groups is 1. The maximum atomic E-state index is 10.7. The first kappa shape index (κ1) is 15.9. The Balaban J connectivity index is 1.70. The summed E-state index contributed by atoms with van der Waals surface area (Å²) in [5, 5.41) is 19.1. The molecule has 9 nitrogen and oxygen atoms in total. The van der Waals surface area contributed by atoms with Gasteiger partial charge in [-0.1, -0.05) is 11.8 Å². The summed E-state index contributed by atoms with van der Waals surface area (Å²) in [5.74, 6) is 1.49. The van der Waals surface area contributed by atoms with Gasteiger partial charge in [0, 0.05) is 29.5 Å². The number of benzene rings is 1. The molecule has 2 aromatic heterocycles. The summed E-state index contributed by atoms with van der Waals surface area (Å²) < 4.78 is 5.55. The van der Waals surface area contributed by atoms with Gasteiger partial charge in [0.2, 0.25) is 11.8 Å². The van der Waals surface area contributed by atoms with E-state index in [1.54, 1.807) is 18.2 Å². The smallest absolute Gasteiger partial charge is 0.269 e. The molecule has 10 heteroatoms. The zero-order valence-corrected chi connectivity index (χ0v) is 13.4. The number of aryl methyl sites for hydroxylation is 1. The molecule has 0 spiro atoms. The van der Waals surface area contributed by atoms with Crippen LogP contribution >= 0.6 is 11.8 Å². The average Bonchev–Trinajstić information content (AvgIpc) is 3.01. The molecule has 0 fully saturated rings. The summed E-state index contributed by atoms with van der Waals surface area (Å²) in [6.07, 6.45) is 0. The molecule has 0 aliphatic rings. The van der Waals surface area contributed by atoms with E-state index in [9.17, 15) is 10.1 Å². The van der Waals surface area contributed by atoms with Gasteiger partial charge in [-0.3, -0.25) is 10.1 Å². The highest BCUT2D eigenvalue weighted by Crippen LogP contribution is 2.24. The summed E-state index contributed by atoms with van der Waals surface area (Å²) in [4.78, 5) is 18.6. The highest BCUT2D eigenvalue weighted by molar-refractivity contribution is 7.98. The van der Waals surface area contributed by atoms with Crippen molar-refractivity contribution in [3.63, 3.8) is 0 Å². The summed E-state index contributed by atoms with van der Waals surface area (Å²) >= 11 is 1.33. The van der Waals surface area contributed by atoms with Crippen molar-refractivity contribution in [3.05, 3.63) is 52.0 Å². The van der Waals surface area contributed by atoms with Gasteiger partial charge in [-0.15, -0.1) is 10.2 Å². The van der Waals surface area contributed by atoms with Gasteiger partial charge in [-0.05, 0) is 19.1 Å². The van der Waals surface area contributed by atoms with E-state index in [-0.39, 0.29) is 5.69 Å². The molecule has 24 heavy (non-hydrogen) atoms. The molecular weight excluding hydrogens is 332 g/mol. The number of rotatable bonds is 5. The SMILES string of the molecule is Cc1cc(N)nc(SCc2nnc(-c3ccc([N+](=O)[O-])cc3)o2)n1. The van der Waals surface area contributed by atoms with E-state index in [0.717, 1.165) is 5.69 Å². The first-order valence-corrected chi connectivity index (χ1v) is 7.81. The molecule has 122 valence electrons. The Morgan fingerprint density at radius 2 is 2.00 bits per heavy atom. The zero-order chi connectivity index (χ0) is 17.1. The lowest BCUT2D eigenvalue weighted by Gasteiger charge is -2.00. The van der Waals surface area contributed by atoms with Crippen molar-refractivity contribution in [2.45, 2.75) is 17.8 Å². The maximum absolute atomic E-state index is 10.7. The van der Waals surface area contributed by atoms with Crippen LogP contribution < -0.4 is 5.73 Å². The molecule has 0 saturated carbocycles. The minimum absolute atomic E-state index is 0.00299. The van der Waals surface area contributed by atoms with Gasteiger partial charge < -0.3 is 10.2 Å². The van der Waals surface area contributed by atoms with Gasteiger partial charge in [-0.2, -0.15) is 0 Å². The number of hydrogen-bond acceptors (Lipinski definition) is 9. The molecular formula is C14H12N6O3S. The van der Waals surface area contributed by atoms with E-state index in [1.807, 2.05) is 6.92 Å². The Morgan fingerprint density at radius 3 is 2.67 bits per heavy atom. The fourth-order valence-corrected chi connectivity index (χ4v) is 2.66. The number of nitrogens with two attached hydrogens (primary N) is 1. The van der Waals surface area contributed by atoms with E-state index >= 15 is 0 Å². The van der Waals surface area contributed by atoms with Gasteiger partial charge >= 0.3 is 0 Å². The largest absolute Gasteiger partial charge is 0.420 e. The van der Waals surface area contributed by atoms with Crippen LogP contribution in [0.2, 0.25) is 0 Å². The summed E-state index contributed by atoms with van der Waals surface area (Å²) in [6.45, 7) is 1.83. The van der Waals surface area contributed by atoms with Crippen LogP contribution in [0.1, 0.15) is 11.6 Å². The normalized spacial score (nSPS) is 10.7. The van der Waals surface area contributed by atoms with Crippen molar-refractivity contribution < 1.29 is 9.34 Å². The van der Waals surface area contributed by atoms with Crippen molar-refractivity contribution in [3.8, 4) is 11.5 Å². The Kier molecular flexibility index (Phi) is 4.38. The molecule has 0 aliphatic carbocycles. The molecule has 3 rings (SSSR count). The summed E-state index contributed by atoms with van der Waals surface area (Å²) in [7, 11) is 0. The number of thioether (sulfide) groups is 1. The molecule has 0 amide bonds. The van der Waals surface area contributed by atoms with E-state index in [4.69, 9.17) is 10.2 Å².